The van der Waals surface area contributed by atoms with Gasteiger partial charge < -0.3 is 20.6 Å². The maximum Gasteiger partial charge on any atom is 0.248 e. The molecule has 0 aliphatic carbocycles. The van der Waals surface area contributed by atoms with Gasteiger partial charge in [-0.05, 0) is 62.3 Å². The van der Waals surface area contributed by atoms with Gasteiger partial charge in [-0.1, -0.05) is 48.9 Å². The van der Waals surface area contributed by atoms with Crippen molar-refractivity contribution in [2.45, 2.75) is 55.6 Å². The van der Waals surface area contributed by atoms with E-state index in [-0.39, 0.29) is 35.5 Å². The third-order valence-corrected chi connectivity index (χ3v) is 10.8. The number of nitrogens with zero attached hydrogens (tertiary/aromatic N) is 1. The van der Waals surface area contributed by atoms with Gasteiger partial charge in [-0.2, -0.15) is 0 Å². The van der Waals surface area contributed by atoms with Crippen LogP contribution in [0.15, 0.2) is 48.5 Å². The molecule has 6 atom stereocenters. The number of benzene rings is 2. The lowest BCUT2D eigenvalue weighted by atomic mass is 9.66. The van der Waals surface area contributed by atoms with Crippen LogP contribution < -0.4 is 10.6 Å². The minimum atomic E-state index is -0.718. The van der Waals surface area contributed by atoms with Crippen LogP contribution in [0.25, 0.3) is 0 Å². The zero-order valence-electron chi connectivity index (χ0n) is 21.7. The van der Waals surface area contributed by atoms with Crippen LogP contribution in [-0.4, -0.2) is 56.9 Å². The number of likely N-dealkylation sites (tertiary alicyclic amines) is 1. The number of rotatable bonds is 9. The van der Waals surface area contributed by atoms with Crippen molar-refractivity contribution in [3.63, 3.8) is 0 Å². The average Bonchev–Trinajstić information content (AvgIpc) is 3.48. The topological polar surface area (TPSA) is 98.7 Å². The number of hydrogen-bond acceptors (Lipinski definition) is 5. The van der Waals surface area contributed by atoms with Crippen LogP contribution in [0.2, 0.25) is 5.02 Å². The summed E-state index contributed by atoms with van der Waals surface area (Å²) >= 11 is 8.10. The normalized spacial score (nSPS) is 29.4. The first kappa shape index (κ1) is 27.0. The molecule has 1 spiro atoms. The zero-order valence-corrected chi connectivity index (χ0v) is 23.2. The molecule has 2 aromatic rings. The number of carbonyl (C=O) groups is 3. The molecule has 9 heteroatoms. The summed E-state index contributed by atoms with van der Waals surface area (Å²) in [6.45, 7) is 4.49. The summed E-state index contributed by atoms with van der Waals surface area (Å²) < 4.78 is -0.698. The summed E-state index contributed by atoms with van der Waals surface area (Å²) in [7, 11) is 0. The summed E-state index contributed by atoms with van der Waals surface area (Å²) in [5, 5.41) is 15.7. The number of hydrogen-bond donors (Lipinski definition) is 3. The van der Waals surface area contributed by atoms with Crippen molar-refractivity contribution in [3.05, 3.63) is 59.1 Å². The van der Waals surface area contributed by atoms with Crippen LogP contribution in [0.4, 0.5) is 11.4 Å². The average molecular weight is 556 g/mol. The molecule has 5 rings (SSSR count). The number of nitrogens with one attached hydrogen (secondary N) is 2. The van der Waals surface area contributed by atoms with E-state index in [4.69, 9.17) is 11.6 Å². The lowest BCUT2D eigenvalue weighted by Crippen LogP contribution is -2.55. The van der Waals surface area contributed by atoms with Crippen molar-refractivity contribution in [2.75, 3.05) is 23.8 Å². The number of aryl methyl sites for hydroxylation is 1. The monoisotopic (exact) mass is 555 g/mol. The predicted octanol–water partition coefficient (Wildman–Crippen LogP) is 4.73. The van der Waals surface area contributed by atoms with Crippen LogP contribution in [-0.2, 0) is 14.4 Å². The van der Waals surface area contributed by atoms with Crippen molar-refractivity contribution in [2.24, 2.45) is 17.8 Å². The molecule has 38 heavy (non-hydrogen) atoms. The first-order valence-corrected chi connectivity index (χ1v) is 14.6. The minimum Gasteiger partial charge on any atom is -0.396 e. The maximum absolute atomic E-state index is 14.1. The summed E-state index contributed by atoms with van der Waals surface area (Å²) in [5.74, 6) is -1.56. The van der Waals surface area contributed by atoms with Crippen LogP contribution >= 0.6 is 23.4 Å². The highest BCUT2D eigenvalue weighted by molar-refractivity contribution is 8.02. The molecule has 202 valence electrons. The molecule has 2 bridgehead atoms. The zero-order chi connectivity index (χ0) is 27.0. The highest BCUT2D eigenvalue weighted by Gasteiger charge is 2.75. The second-order valence-corrected chi connectivity index (χ2v) is 12.6. The van der Waals surface area contributed by atoms with Gasteiger partial charge in [-0.25, -0.2) is 0 Å². The number of unbranched alkanes of at least 4 members (excludes halogenated alkanes) is 2. The van der Waals surface area contributed by atoms with Crippen LogP contribution in [0.5, 0.6) is 0 Å². The van der Waals surface area contributed by atoms with E-state index < -0.39 is 22.6 Å². The van der Waals surface area contributed by atoms with Crippen molar-refractivity contribution in [1.82, 2.24) is 4.90 Å². The first-order valence-electron chi connectivity index (χ1n) is 13.3. The molecule has 3 fully saturated rings. The van der Waals surface area contributed by atoms with E-state index in [0.29, 0.717) is 35.8 Å². The molecule has 0 aromatic heterocycles. The summed E-state index contributed by atoms with van der Waals surface area (Å²) in [6, 6.07) is 14.0. The maximum atomic E-state index is 14.1. The Bertz CT molecular complexity index is 1210. The molecule has 3 heterocycles. The number of anilines is 2. The summed E-state index contributed by atoms with van der Waals surface area (Å²) in [4.78, 5) is 43.5. The summed E-state index contributed by atoms with van der Waals surface area (Å²) in [5.41, 5.74) is 2.09. The fourth-order valence-corrected chi connectivity index (χ4v) is 9.35. The lowest BCUT2D eigenvalue weighted by molar-refractivity contribution is -0.138. The van der Waals surface area contributed by atoms with E-state index in [1.807, 2.05) is 49.4 Å². The molecule has 0 radical (unpaired) electrons. The van der Waals surface area contributed by atoms with Crippen molar-refractivity contribution >= 4 is 52.5 Å². The first-order chi connectivity index (χ1) is 18.3. The Morgan fingerprint density at radius 2 is 1.84 bits per heavy atom. The fourth-order valence-electron chi connectivity index (χ4n) is 6.66. The van der Waals surface area contributed by atoms with Gasteiger partial charge >= 0.3 is 0 Å². The number of para-hydroxylation sites is 2. The molecular formula is C29H34ClN3O4S. The van der Waals surface area contributed by atoms with Gasteiger partial charge in [0.1, 0.15) is 6.04 Å². The molecular weight excluding hydrogens is 522 g/mol. The Kier molecular flexibility index (Phi) is 7.76. The Morgan fingerprint density at radius 1 is 1.08 bits per heavy atom. The van der Waals surface area contributed by atoms with E-state index in [1.165, 1.54) is 0 Å². The molecule has 3 aliphatic heterocycles. The number of aliphatic hydroxyl groups excluding tert-OH is 1. The summed E-state index contributed by atoms with van der Waals surface area (Å²) in [6.07, 6.45) is 2.84. The molecule has 2 aromatic carbocycles. The van der Waals surface area contributed by atoms with Crippen molar-refractivity contribution < 1.29 is 19.5 Å². The molecule has 0 saturated carbocycles. The molecule has 3 aliphatic rings. The van der Waals surface area contributed by atoms with E-state index in [9.17, 15) is 19.5 Å². The third-order valence-electron chi connectivity index (χ3n) is 8.37. The highest BCUT2D eigenvalue weighted by atomic mass is 35.5. The van der Waals surface area contributed by atoms with Gasteiger partial charge in [-0.15, -0.1) is 11.8 Å². The molecule has 3 amide bonds. The number of amides is 3. The number of thioether (sulfide) groups is 1. The lowest BCUT2D eigenvalue weighted by Gasteiger charge is -2.38. The van der Waals surface area contributed by atoms with Gasteiger partial charge in [0.15, 0.2) is 0 Å². The SMILES string of the molecule is Cc1cccc(Cl)c1NC(=O)C1N(CCCCCO)C(=O)[C@@H]2[C@H](C(=O)Nc3ccccc3)[C@@H]3CC(C)C12S3. The number of carbonyl (C=O) groups excluding carboxylic acids is 3. The fraction of sp³-hybridized carbons (Fsp3) is 0.483. The standard InChI is InChI=1S/C29H34ClN3O4S/c1-17-10-9-13-20(30)24(17)32-27(36)25-29-18(2)16-21(38-29)22(26(35)31-19-11-5-3-6-12-19)23(29)28(37)33(25)14-7-4-8-15-34/h3,5-6,9-13,18,21-23,25,34H,4,7-8,14-16H2,1-2H3,(H,31,35)(H,32,36)/t18?,21-,22+,23-,25?,29?/m0/s1. The van der Waals surface area contributed by atoms with Crippen LogP contribution in [0.1, 0.15) is 38.2 Å². The number of fused-ring (bicyclic) bond motifs is 1. The van der Waals surface area contributed by atoms with Gasteiger partial charge in [-0.3, -0.25) is 14.4 Å². The highest BCUT2D eigenvalue weighted by Crippen LogP contribution is 2.68. The van der Waals surface area contributed by atoms with Gasteiger partial charge in [0.2, 0.25) is 17.7 Å². The predicted molar refractivity (Wildman–Crippen MR) is 151 cm³/mol. The van der Waals surface area contributed by atoms with Crippen molar-refractivity contribution in [3.8, 4) is 0 Å². The van der Waals surface area contributed by atoms with Crippen molar-refractivity contribution in [1.29, 1.82) is 0 Å². The Hall–Kier alpha value is -2.55. The smallest absolute Gasteiger partial charge is 0.248 e. The van der Waals surface area contributed by atoms with Crippen LogP contribution in [0.3, 0.4) is 0 Å². The molecule has 3 saturated heterocycles. The molecule has 7 nitrogen and oxygen atoms in total. The van der Waals surface area contributed by atoms with E-state index in [2.05, 4.69) is 17.6 Å². The second-order valence-electron chi connectivity index (χ2n) is 10.6. The van der Waals surface area contributed by atoms with E-state index >= 15 is 0 Å². The van der Waals surface area contributed by atoms with E-state index in [0.717, 1.165) is 18.4 Å². The third kappa shape index (κ3) is 4.50. The molecule has 3 N–H and O–H groups in total. The van der Waals surface area contributed by atoms with Gasteiger partial charge in [0.25, 0.3) is 0 Å². The largest absolute Gasteiger partial charge is 0.396 e. The van der Waals surface area contributed by atoms with Gasteiger partial charge in [0.05, 0.1) is 27.3 Å². The Morgan fingerprint density at radius 3 is 2.55 bits per heavy atom. The Balaban J connectivity index is 1.49. The quantitative estimate of drug-likeness (QED) is 0.389. The minimum absolute atomic E-state index is 0.0310. The van der Waals surface area contributed by atoms with Gasteiger partial charge in [0, 0.05) is 24.1 Å². The second kappa shape index (κ2) is 10.9. The van der Waals surface area contributed by atoms with Crippen LogP contribution in [0, 0.1) is 24.7 Å². The number of halogens is 1. The molecule has 3 unspecified atom stereocenters. The van der Waals surface area contributed by atoms with E-state index in [1.54, 1.807) is 22.7 Å². The Labute approximate surface area is 232 Å². The number of aliphatic hydroxyl groups is 1.